The van der Waals surface area contributed by atoms with Gasteiger partial charge in [-0.05, 0) is 23.3 Å². The minimum absolute atomic E-state index is 0.0300. The lowest BCUT2D eigenvalue weighted by atomic mass is 9.61. The van der Waals surface area contributed by atoms with Crippen LogP contribution in [0.15, 0.2) is 43.0 Å². The molecule has 0 aliphatic heterocycles. The minimum atomic E-state index is -0.726. The van der Waals surface area contributed by atoms with E-state index in [-0.39, 0.29) is 35.4 Å². The number of aliphatic hydroxyl groups excluding tert-OH is 1. The topological polar surface area (TPSA) is 37.3 Å². The van der Waals surface area contributed by atoms with Gasteiger partial charge in [-0.3, -0.25) is 4.79 Å². The lowest BCUT2D eigenvalue weighted by Crippen LogP contribution is -2.45. The van der Waals surface area contributed by atoms with Crippen LogP contribution in [0.25, 0.3) is 0 Å². The maximum Gasteiger partial charge on any atom is 0.142 e. The second-order valence-corrected chi connectivity index (χ2v) is 6.10. The van der Waals surface area contributed by atoms with E-state index in [1.54, 1.807) is 0 Å². The number of hydrogen-bond acceptors (Lipinski definition) is 2. The number of hydrogen-bond donors (Lipinski definition) is 1. The first-order valence-electron chi connectivity index (χ1n) is 7.38. The third kappa shape index (κ3) is 2.45. The highest BCUT2D eigenvalue weighted by atomic mass is 16.3. The Morgan fingerprint density at radius 2 is 1.75 bits per heavy atom. The molecule has 0 aromatic heterocycles. The van der Waals surface area contributed by atoms with Crippen LogP contribution in [-0.4, -0.2) is 10.9 Å². The normalized spacial score (nSPS) is 35.6. The molecule has 1 aromatic rings. The van der Waals surface area contributed by atoms with Crippen molar-refractivity contribution in [1.82, 2.24) is 0 Å². The molecule has 20 heavy (non-hydrogen) atoms. The second kappa shape index (κ2) is 5.92. The van der Waals surface area contributed by atoms with Crippen molar-refractivity contribution in [3.63, 3.8) is 0 Å². The monoisotopic (exact) mass is 272 g/mol. The van der Waals surface area contributed by atoms with Crippen LogP contribution in [-0.2, 0) is 4.79 Å². The third-order valence-corrected chi connectivity index (χ3v) is 5.10. The van der Waals surface area contributed by atoms with Gasteiger partial charge < -0.3 is 5.11 Å². The van der Waals surface area contributed by atoms with Crippen LogP contribution in [0.1, 0.15) is 32.4 Å². The molecule has 1 saturated carbocycles. The van der Waals surface area contributed by atoms with Crippen LogP contribution in [0.4, 0.5) is 0 Å². The van der Waals surface area contributed by atoms with Crippen molar-refractivity contribution in [1.29, 1.82) is 0 Å². The first kappa shape index (κ1) is 15.0. The number of ketones is 1. The van der Waals surface area contributed by atoms with Gasteiger partial charge in [-0.1, -0.05) is 57.2 Å². The van der Waals surface area contributed by atoms with E-state index in [1.165, 1.54) is 0 Å². The fourth-order valence-corrected chi connectivity index (χ4v) is 3.60. The summed E-state index contributed by atoms with van der Waals surface area (Å²) in [5.41, 5.74) is 0.822. The van der Waals surface area contributed by atoms with E-state index in [2.05, 4.69) is 20.4 Å². The summed E-state index contributed by atoms with van der Waals surface area (Å²) >= 11 is 0. The fraction of sp³-hybridized carbons (Fsp3) is 0.500. The molecule has 0 saturated heterocycles. The van der Waals surface area contributed by atoms with E-state index >= 15 is 0 Å². The summed E-state index contributed by atoms with van der Waals surface area (Å²) in [7, 11) is 0. The summed E-state index contributed by atoms with van der Waals surface area (Å²) in [5, 5.41) is 10.6. The van der Waals surface area contributed by atoms with E-state index < -0.39 is 6.10 Å². The molecule has 1 aliphatic carbocycles. The summed E-state index contributed by atoms with van der Waals surface area (Å²) in [6.07, 6.45) is 1.22. The van der Waals surface area contributed by atoms with Crippen molar-refractivity contribution < 1.29 is 9.90 Å². The average molecular weight is 272 g/mol. The largest absolute Gasteiger partial charge is 0.388 e. The van der Waals surface area contributed by atoms with Gasteiger partial charge in [0.25, 0.3) is 0 Å². The van der Waals surface area contributed by atoms with Crippen molar-refractivity contribution in [3.05, 3.63) is 48.6 Å². The van der Waals surface area contributed by atoms with Gasteiger partial charge >= 0.3 is 0 Å². The van der Waals surface area contributed by atoms with Crippen molar-refractivity contribution in [2.75, 3.05) is 0 Å². The van der Waals surface area contributed by atoms with Crippen molar-refractivity contribution in [2.45, 2.75) is 26.9 Å². The third-order valence-electron chi connectivity index (χ3n) is 5.10. The Morgan fingerprint density at radius 1 is 1.15 bits per heavy atom. The number of rotatable bonds is 3. The zero-order chi connectivity index (χ0) is 14.9. The van der Waals surface area contributed by atoms with Gasteiger partial charge in [-0.25, -0.2) is 0 Å². The Bertz CT molecular complexity index is 479. The summed E-state index contributed by atoms with van der Waals surface area (Å²) in [5.74, 6) is 0.477. The molecule has 1 N–H and O–H groups in total. The molecule has 0 unspecified atom stereocenters. The standard InChI is InChI=1S/C18H24O2/c1-5-15-11(2)12(3)17(19)16(13(15)4)18(20)14-9-7-6-8-10-14/h5-13,15-16,18,20H,1H2,2-4H3/t11-,12-,13+,15+,16-,18-/m0/s1. The summed E-state index contributed by atoms with van der Waals surface area (Å²) < 4.78 is 0. The average Bonchev–Trinajstić information content (AvgIpc) is 2.46. The molecule has 0 bridgehead atoms. The predicted molar refractivity (Wildman–Crippen MR) is 81.1 cm³/mol. The molecule has 1 fully saturated rings. The maximum atomic E-state index is 12.6. The molecule has 2 rings (SSSR count). The number of allylic oxidation sites excluding steroid dienone is 1. The van der Waals surface area contributed by atoms with Crippen LogP contribution < -0.4 is 0 Å². The van der Waals surface area contributed by atoms with Gasteiger partial charge in [0.15, 0.2) is 0 Å². The first-order chi connectivity index (χ1) is 9.49. The Labute approximate surface area is 121 Å². The van der Waals surface area contributed by atoms with Crippen molar-refractivity contribution >= 4 is 5.78 Å². The Hall–Kier alpha value is -1.41. The SMILES string of the molecule is C=C[C@H]1[C@@H](C)[C@H]([C@@H](O)c2ccccc2)C(=O)[C@@H](C)[C@@H]1C. The summed E-state index contributed by atoms with van der Waals surface area (Å²) in [6, 6.07) is 9.48. The van der Waals surface area contributed by atoms with Gasteiger partial charge in [0.1, 0.15) is 5.78 Å². The van der Waals surface area contributed by atoms with E-state index in [4.69, 9.17) is 0 Å². The minimum Gasteiger partial charge on any atom is -0.388 e. The number of carbonyl (C=O) groups is 1. The van der Waals surface area contributed by atoms with Gasteiger partial charge in [-0.2, -0.15) is 0 Å². The summed E-state index contributed by atoms with van der Waals surface area (Å²) in [6.45, 7) is 10.1. The number of Topliss-reactive ketones (excluding diaryl/α,β-unsaturated/α-hetero) is 1. The molecule has 2 heteroatoms. The van der Waals surface area contributed by atoms with Gasteiger partial charge in [0.2, 0.25) is 0 Å². The smallest absolute Gasteiger partial charge is 0.142 e. The number of aliphatic hydroxyl groups is 1. The van der Waals surface area contributed by atoms with Crippen LogP contribution in [0, 0.1) is 29.6 Å². The lowest BCUT2D eigenvalue weighted by Gasteiger charge is -2.43. The summed E-state index contributed by atoms with van der Waals surface area (Å²) in [4.78, 5) is 12.6. The number of benzene rings is 1. The Morgan fingerprint density at radius 3 is 2.30 bits per heavy atom. The molecule has 0 radical (unpaired) electrons. The first-order valence-corrected chi connectivity index (χ1v) is 7.38. The van der Waals surface area contributed by atoms with Gasteiger partial charge in [0.05, 0.1) is 12.0 Å². The van der Waals surface area contributed by atoms with E-state index in [9.17, 15) is 9.90 Å². The molecule has 1 aromatic carbocycles. The van der Waals surface area contributed by atoms with Crippen LogP contribution in [0.2, 0.25) is 0 Å². The molecule has 6 atom stereocenters. The highest BCUT2D eigenvalue weighted by Crippen LogP contribution is 2.45. The molecule has 0 amide bonds. The van der Waals surface area contributed by atoms with E-state index in [0.717, 1.165) is 5.56 Å². The van der Waals surface area contributed by atoms with Gasteiger partial charge in [-0.15, -0.1) is 6.58 Å². The van der Waals surface area contributed by atoms with Crippen molar-refractivity contribution in [2.24, 2.45) is 29.6 Å². The molecule has 0 spiro atoms. The molecule has 108 valence electrons. The zero-order valence-electron chi connectivity index (χ0n) is 12.5. The molecule has 1 aliphatic rings. The highest BCUT2D eigenvalue weighted by molar-refractivity contribution is 5.85. The predicted octanol–water partition coefficient (Wildman–Crippen LogP) is 3.63. The van der Waals surface area contributed by atoms with E-state index in [0.29, 0.717) is 0 Å². The Balaban J connectivity index is 2.34. The van der Waals surface area contributed by atoms with Crippen LogP contribution in [0.3, 0.4) is 0 Å². The second-order valence-electron chi connectivity index (χ2n) is 6.10. The molecular formula is C18H24O2. The van der Waals surface area contributed by atoms with E-state index in [1.807, 2.05) is 43.3 Å². The fourth-order valence-electron chi connectivity index (χ4n) is 3.60. The van der Waals surface area contributed by atoms with Crippen LogP contribution in [0.5, 0.6) is 0 Å². The number of carbonyl (C=O) groups excluding carboxylic acids is 1. The highest BCUT2D eigenvalue weighted by Gasteiger charge is 2.46. The quantitative estimate of drug-likeness (QED) is 0.853. The maximum absolute atomic E-state index is 12.6. The molecular weight excluding hydrogens is 248 g/mol. The Kier molecular flexibility index (Phi) is 4.44. The zero-order valence-corrected chi connectivity index (χ0v) is 12.5. The molecule has 2 nitrogen and oxygen atoms in total. The van der Waals surface area contributed by atoms with Gasteiger partial charge in [0, 0.05) is 5.92 Å². The lowest BCUT2D eigenvalue weighted by molar-refractivity contribution is -0.141. The van der Waals surface area contributed by atoms with Crippen LogP contribution >= 0.6 is 0 Å². The molecule has 0 heterocycles. The van der Waals surface area contributed by atoms with Crippen molar-refractivity contribution in [3.8, 4) is 0 Å².